The number of thioether (sulfide) groups is 1. The van der Waals surface area contributed by atoms with E-state index in [1.165, 1.54) is 41.3 Å². The summed E-state index contributed by atoms with van der Waals surface area (Å²) in [6.07, 6.45) is 2.39. The summed E-state index contributed by atoms with van der Waals surface area (Å²) in [5, 5.41) is 0. The maximum absolute atomic E-state index is 5.56. The van der Waals surface area contributed by atoms with Gasteiger partial charge in [-0.1, -0.05) is 0 Å². The molecule has 3 N–H and O–H groups in total. The second-order valence-corrected chi connectivity index (χ2v) is 4.34. The van der Waals surface area contributed by atoms with Gasteiger partial charge in [0.1, 0.15) is 0 Å². The third kappa shape index (κ3) is 1.52. The van der Waals surface area contributed by atoms with Crippen molar-refractivity contribution < 1.29 is 0 Å². The van der Waals surface area contributed by atoms with E-state index in [1.807, 2.05) is 11.8 Å². The maximum atomic E-state index is 5.56. The minimum absolute atomic E-state index is 0.639. The zero-order valence-corrected chi connectivity index (χ0v) is 7.91. The summed E-state index contributed by atoms with van der Waals surface area (Å²) < 4.78 is 0. The lowest BCUT2D eigenvalue weighted by Gasteiger charge is -1.94. The number of aromatic nitrogens is 1. The second kappa shape index (κ2) is 3.54. The van der Waals surface area contributed by atoms with Crippen LogP contribution in [0, 0.1) is 0 Å². The number of rotatable bonds is 1. The average molecular weight is 182 g/mol. The molecule has 1 aromatic heterocycles. The zero-order chi connectivity index (χ0) is 8.39. The van der Waals surface area contributed by atoms with Crippen LogP contribution in [0.3, 0.4) is 0 Å². The Bertz CT molecular complexity index is 244. The van der Waals surface area contributed by atoms with Gasteiger partial charge in [0.25, 0.3) is 0 Å². The van der Waals surface area contributed by atoms with Gasteiger partial charge in [0.2, 0.25) is 0 Å². The Labute approximate surface area is 76.9 Å². The molecule has 66 valence electrons. The van der Waals surface area contributed by atoms with Crippen molar-refractivity contribution in [2.24, 2.45) is 5.73 Å². The molecule has 2 heterocycles. The largest absolute Gasteiger partial charge is 0.361 e. The predicted molar refractivity (Wildman–Crippen MR) is 53.4 cm³/mol. The fourth-order valence-corrected chi connectivity index (χ4v) is 2.54. The van der Waals surface area contributed by atoms with E-state index in [2.05, 4.69) is 11.1 Å². The molecule has 0 spiro atoms. The van der Waals surface area contributed by atoms with E-state index >= 15 is 0 Å². The van der Waals surface area contributed by atoms with Gasteiger partial charge >= 0.3 is 0 Å². The second-order valence-electron chi connectivity index (χ2n) is 3.11. The van der Waals surface area contributed by atoms with Crippen LogP contribution in [-0.2, 0) is 19.4 Å². The predicted octanol–water partition coefficient (Wildman–Crippen LogP) is 1.31. The molecule has 0 aliphatic carbocycles. The first-order chi connectivity index (χ1) is 5.90. The Kier molecular flexibility index (Phi) is 2.42. The highest BCUT2D eigenvalue weighted by molar-refractivity contribution is 7.99. The fraction of sp³-hybridized carbons (Fsp3) is 0.556. The molecular formula is C9H14N2S. The van der Waals surface area contributed by atoms with Crippen LogP contribution in [0.15, 0.2) is 6.07 Å². The van der Waals surface area contributed by atoms with E-state index in [0.29, 0.717) is 6.54 Å². The smallest absolute Gasteiger partial charge is 0.0332 e. The van der Waals surface area contributed by atoms with Gasteiger partial charge in [-0.05, 0) is 36.0 Å². The molecule has 1 aliphatic heterocycles. The molecule has 1 aliphatic rings. The van der Waals surface area contributed by atoms with Crippen LogP contribution >= 0.6 is 11.8 Å². The Morgan fingerprint density at radius 3 is 3.08 bits per heavy atom. The van der Waals surface area contributed by atoms with Crippen LogP contribution in [-0.4, -0.2) is 16.5 Å². The third-order valence-corrected chi connectivity index (χ3v) is 3.27. The highest BCUT2D eigenvalue weighted by Gasteiger charge is 2.10. The molecule has 0 atom stereocenters. The first kappa shape index (κ1) is 8.20. The van der Waals surface area contributed by atoms with Crippen LogP contribution in [0.4, 0.5) is 0 Å². The van der Waals surface area contributed by atoms with Gasteiger partial charge in [0.05, 0.1) is 0 Å². The number of hydrogen-bond acceptors (Lipinski definition) is 2. The molecule has 0 aromatic carbocycles. The highest BCUT2D eigenvalue weighted by Crippen LogP contribution is 2.20. The minimum atomic E-state index is 0.639. The Balaban J connectivity index is 2.26. The number of H-pyrrole nitrogens is 1. The summed E-state index contributed by atoms with van der Waals surface area (Å²) in [6.45, 7) is 0.639. The molecule has 0 saturated carbocycles. The van der Waals surface area contributed by atoms with E-state index in [0.717, 1.165) is 0 Å². The summed E-state index contributed by atoms with van der Waals surface area (Å²) in [4.78, 5) is 3.38. The van der Waals surface area contributed by atoms with E-state index in [-0.39, 0.29) is 0 Å². The first-order valence-electron chi connectivity index (χ1n) is 4.37. The topological polar surface area (TPSA) is 41.8 Å². The average Bonchev–Trinajstić information content (AvgIpc) is 2.37. The van der Waals surface area contributed by atoms with E-state index in [1.54, 1.807) is 0 Å². The standard InChI is InChI=1S/C9H14N2S/c10-6-8-5-7-1-3-12-4-2-9(7)11-8/h5,11H,1-4,6,10H2. The monoisotopic (exact) mass is 182 g/mol. The van der Waals surface area contributed by atoms with Gasteiger partial charge in [0, 0.05) is 17.9 Å². The number of fused-ring (bicyclic) bond motifs is 1. The number of aryl methyl sites for hydroxylation is 2. The van der Waals surface area contributed by atoms with Crippen molar-refractivity contribution in [2.45, 2.75) is 19.4 Å². The molecule has 0 bridgehead atoms. The molecule has 2 nitrogen and oxygen atoms in total. The van der Waals surface area contributed by atoms with Crippen LogP contribution in [0.5, 0.6) is 0 Å². The van der Waals surface area contributed by atoms with Crippen molar-refractivity contribution in [1.82, 2.24) is 4.98 Å². The van der Waals surface area contributed by atoms with Crippen molar-refractivity contribution >= 4 is 11.8 Å². The number of hydrogen-bond donors (Lipinski definition) is 2. The summed E-state index contributed by atoms with van der Waals surface area (Å²) in [5.74, 6) is 2.51. The summed E-state index contributed by atoms with van der Waals surface area (Å²) in [5.41, 5.74) is 9.66. The lowest BCUT2D eigenvalue weighted by Crippen LogP contribution is -1.96. The molecule has 1 aromatic rings. The molecule has 3 heteroatoms. The molecule has 0 saturated heterocycles. The van der Waals surface area contributed by atoms with Crippen LogP contribution in [0.2, 0.25) is 0 Å². The fourth-order valence-electron chi connectivity index (χ4n) is 1.62. The number of nitrogens with two attached hydrogens (primary N) is 1. The Morgan fingerprint density at radius 2 is 2.25 bits per heavy atom. The molecule has 0 amide bonds. The number of aromatic amines is 1. The molecule has 0 radical (unpaired) electrons. The van der Waals surface area contributed by atoms with E-state index in [9.17, 15) is 0 Å². The van der Waals surface area contributed by atoms with Crippen LogP contribution in [0.1, 0.15) is 17.0 Å². The van der Waals surface area contributed by atoms with Crippen molar-refractivity contribution in [1.29, 1.82) is 0 Å². The van der Waals surface area contributed by atoms with Gasteiger partial charge in [-0.25, -0.2) is 0 Å². The SMILES string of the molecule is NCc1cc2c([nH]1)CCSCC2. The highest BCUT2D eigenvalue weighted by atomic mass is 32.2. The van der Waals surface area contributed by atoms with Crippen molar-refractivity contribution in [3.05, 3.63) is 23.0 Å². The van der Waals surface area contributed by atoms with E-state index in [4.69, 9.17) is 5.73 Å². The lowest BCUT2D eigenvalue weighted by atomic mass is 10.1. The normalized spacial score (nSPS) is 17.1. The molecule has 12 heavy (non-hydrogen) atoms. The summed E-state index contributed by atoms with van der Waals surface area (Å²) >= 11 is 2.04. The van der Waals surface area contributed by atoms with Crippen molar-refractivity contribution in [3.63, 3.8) is 0 Å². The van der Waals surface area contributed by atoms with Gasteiger partial charge in [-0.3, -0.25) is 0 Å². The summed E-state index contributed by atoms with van der Waals surface area (Å²) in [7, 11) is 0. The quantitative estimate of drug-likeness (QED) is 0.687. The van der Waals surface area contributed by atoms with Gasteiger partial charge in [-0.15, -0.1) is 0 Å². The molecule has 0 unspecified atom stereocenters. The molecule has 2 rings (SSSR count). The van der Waals surface area contributed by atoms with Crippen molar-refractivity contribution in [3.8, 4) is 0 Å². The maximum Gasteiger partial charge on any atom is 0.0332 e. The summed E-state index contributed by atoms with van der Waals surface area (Å²) in [6, 6.07) is 2.22. The van der Waals surface area contributed by atoms with Gasteiger partial charge in [-0.2, -0.15) is 11.8 Å². The first-order valence-corrected chi connectivity index (χ1v) is 5.53. The van der Waals surface area contributed by atoms with Crippen LogP contribution < -0.4 is 5.73 Å². The zero-order valence-electron chi connectivity index (χ0n) is 7.10. The number of nitrogens with one attached hydrogen (secondary N) is 1. The third-order valence-electron chi connectivity index (χ3n) is 2.28. The molecule has 0 fully saturated rings. The van der Waals surface area contributed by atoms with E-state index < -0.39 is 0 Å². The van der Waals surface area contributed by atoms with Crippen molar-refractivity contribution in [2.75, 3.05) is 11.5 Å². The van der Waals surface area contributed by atoms with Gasteiger partial charge in [0.15, 0.2) is 0 Å². The molecular weight excluding hydrogens is 168 g/mol. The minimum Gasteiger partial charge on any atom is -0.361 e. The lowest BCUT2D eigenvalue weighted by molar-refractivity contribution is 0.968. The van der Waals surface area contributed by atoms with Gasteiger partial charge < -0.3 is 10.7 Å². The Hall–Kier alpha value is -0.410. The van der Waals surface area contributed by atoms with Crippen LogP contribution in [0.25, 0.3) is 0 Å². The Morgan fingerprint density at radius 1 is 1.42 bits per heavy atom.